The van der Waals surface area contributed by atoms with Crippen LogP contribution in [0.3, 0.4) is 0 Å². The molecule has 9 heteroatoms. The molecule has 0 aliphatic carbocycles. The summed E-state index contributed by atoms with van der Waals surface area (Å²) in [5.41, 5.74) is 13.6. The van der Waals surface area contributed by atoms with E-state index < -0.39 is 30.0 Å². The van der Waals surface area contributed by atoms with Crippen molar-refractivity contribution in [3.8, 4) is 0 Å². The number of nitrogens with zero attached hydrogens (tertiary/aromatic N) is 2. The van der Waals surface area contributed by atoms with Crippen molar-refractivity contribution in [2.45, 2.75) is 31.5 Å². The van der Waals surface area contributed by atoms with Gasteiger partial charge in [0.05, 0.1) is 19.4 Å². The van der Waals surface area contributed by atoms with Crippen molar-refractivity contribution in [2.75, 3.05) is 31.2 Å². The van der Waals surface area contributed by atoms with Gasteiger partial charge in [-0.1, -0.05) is 12.1 Å². The summed E-state index contributed by atoms with van der Waals surface area (Å²) in [4.78, 5) is 40.6. The number of morpholine rings is 1. The molecule has 0 radical (unpaired) electrons. The zero-order valence-corrected chi connectivity index (χ0v) is 17.1. The van der Waals surface area contributed by atoms with Crippen LogP contribution < -0.4 is 16.4 Å². The fraction of sp³-hybridized carbons (Fsp3) is 0.409. The molecule has 0 spiro atoms. The van der Waals surface area contributed by atoms with Crippen molar-refractivity contribution < 1.29 is 24.2 Å². The van der Waals surface area contributed by atoms with Crippen LogP contribution in [0.4, 0.5) is 5.69 Å². The quantitative estimate of drug-likeness (QED) is 0.560. The average molecular weight is 426 g/mol. The van der Waals surface area contributed by atoms with E-state index in [9.17, 15) is 14.4 Å². The summed E-state index contributed by atoms with van der Waals surface area (Å²) in [6, 6.07) is 8.13. The number of carbonyl (C=O) groups is 3. The van der Waals surface area contributed by atoms with E-state index in [1.807, 2.05) is 18.2 Å². The highest BCUT2D eigenvalue weighted by atomic mass is 16.5. The standard InChI is InChI=1S/C22H26N4O5/c23-16(22(29)30)5-2-6-18(24)26-20(27)14-4-1-3-13-17(25-9-11-31-12-10-25)8-7-15(19(13)14)21(26)28/h1,3-4,7-8,16,18H,2,5-6,9-12,23-24H2,(H,29,30)/t16-,18?/m0/s1. The van der Waals surface area contributed by atoms with Crippen molar-refractivity contribution in [2.24, 2.45) is 11.5 Å². The molecule has 1 unspecified atom stereocenters. The van der Waals surface area contributed by atoms with Crippen LogP contribution in [-0.2, 0) is 9.53 Å². The van der Waals surface area contributed by atoms with E-state index in [0.29, 0.717) is 36.1 Å². The van der Waals surface area contributed by atoms with E-state index in [4.69, 9.17) is 21.3 Å². The molecule has 2 heterocycles. The Morgan fingerprint density at radius 2 is 1.71 bits per heavy atom. The second-order valence-electron chi connectivity index (χ2n) is 7.88. The number of benzene rings is 2. The summed E-state index contributed by atoms with van der Waals surface area (Å²) in [5.74, 6) is -1.95. The Bertz CT molecular complexity index is 1010. The molecule has 2 amide bonds. The van der Waals surface area contributed by atoms with Gasteiger partial charge in [0.15, 0.2) is 0 Å². The minimum atomic E-state index is -1.09. The maximum Gasteiger partial charge on any atom is 0.320 e. The highest BCUT2D eigenvalue weighted by molar-refractivity contribution is 6.26. The molecule has 2 aromatic carbocycles. The van der Waals surface area contributed by atoms with Gasteiger partial charge >= 0.3 is 5.97 Å². The van der Waals surface area contributed by atoms with Gasteiger partial charge in [0, 0.05) is 40.7 Å². The monoisotopic (exact) mass is 426 g/mol. The lowest BCUT2D eigenvalue weighted by atomic mass is 9.92. The van der Waals surface area contributed by atoms with Crippen molar-refractivity contribution in [3.63, 3.8) is 0 Å². The van der Waals surface area contributed by atoms with Gasteiger partial charge in [-0.3, -0.25) is 19.3 Å². The molecule has 4 rings (SSSR count). The lowest BCUT2D eigenvalue weighted by molar-refractivity contribution is -0.138. The molecule has 2 aromatic rings. The molecule has 2 atom stereocenters. The lowest BCUT2D eigenvalue weighted by Gasteiger charge is -2.34. The third kappa shape index (κ3) is 3.87. The summed E-state index contributed by atoms with van der Waals surface area (Å²) >= 11 is 0. The van der Waals surface area contributed by atoms with Crippen LogP contribution in [0, 0.1) is 0 Å². The fourth-order valence-electron chi connectivity index (χ4n) is 4.28. The molecule has 2 aliphatic rings. The second kappa shape index (κ2) is 8.62. The summed E-state index contributed by atoms with van der Waals surface area (Å²) in [7, 11) is 0. The van der Waals surface area contributed by atoms with Crippen LogP contribution in [0.2, 0.25) is 0 Å². The summed E-state index contributed by atoms with van der Waals surface area (Å²) in [5, 5.41) is 10.4. The number of aliphatic carboxylic acids is 1. The Balaban J connectivity index is 1.63. The topological polar surface area (TPSA) is 139 Å². The highest BCUT2D eigenvalue weighted by Crippen LogP contribution is 2.36. The van der Waals surface area contributed by atoms with E-state index in [1.54, 1.807) is 12.1 Å². The number of hydrogen-bond acceptors (Lipinski definition) is 7. The molecule has 1 fully saturated rings. The Labute approximate surface area is 179 Å². The molecule has 0 bridgehead atoms. The molecule has 0 aromatic heterocycles. The maximum atomic E-state index is 13.2. The predicted octanol–water partition coefficient (Wildman–Crippen LogP) is 1.14. The number of anilines is 1. The largest absolute Gasteiger partial charge is 0.480 e. The molecule has 5 N–H and O–H groups in total. The third-order valence-electron chi connectivity index (χ3n) is 5.93. The van der Waals surface area contributed by atoms with Crippen LogP contribution >= 0.6 is 0 Å². The van der Waals surface area contributed by atoms with Gasteiger partial charge < -0.3 is 26.2 Å². The van der Waals surface area contributed by atoms with Gasteiger partial charge in [0.25, 0.3) is 11.8 Å². The third-order valence-corrected chi connectivity index (χ3v) is 5.93. The minimum absolute atomic E-state index is 0.217. The molecule has 31 heavy (non-hydrogen) atoms. The number of amides is 2. The minimum Gasteiger partial charge on any atom is -0.480 e. The average Bonchev–Trinajstić information content (AvgIpc) is 2.77. The summed E-state index contributed by atoms with van der Waals surface area (Å²) in [6.07, 6.45) is 0.0196. The lowest BCUT2D eigenvalue weighted by Crippen LogP contribution is -2.51. The highest BCUT2D eigenvalue weighted by Gasteiger charge is 2.36. The van der Waals surface area contributed by atoms with Gasteiger partial charge in [0.1, 0.15) is 6.04 Å². The van der Waals surface area contributed by atoms with E-state index in [2.05, 4.69) is 4.90 Å². The number of rotatable bonds is 7. The number of carbonyl (C=O) groups excluding carboxylic acids is 2. The zero-order chi connectivity index (χ0) is 22.1. The van der Waals surface area contributed by atoms with Crippen molar-refractivity contribution in [3.05, 3.63) is 41.5 Å². The SMILES string of the molecule is NC(CCC[C@H](N)C(=O)O)N1C(=O)c2cccc3c(N4CCOCC4)ccc(c23)C1=O. The van der Waals surface area contributed by atoms with Gasteiger partial charge in [-0.2, -0.15) is 0 Å². The fourth-order valence-corrected chi connectivity index (χ4v) is 4.28. The molecule has 9 nitrogen and oxygen atoms in total. The van der Waals surface area contributed by atoms with E-state index >= 15 is 0 Å². The Kier molecular flexibility index (Phi) is 5.90. The van der Waals surface area contributed by atoms with Crippen LogP contribution in [-0.4, -0.2) is 66.3 Å². The molecular weight excluding hydrogens is 400 g/mol. The van der Waals surface area contributed by atoms with Crippen LogP contribution in [0.5, 0.6) is 0 Å². The van der Waals surface area contributed by atoms with Crippen molar-refractivity contribution in [1.82, 2.24) is 4.90 Å². The first kappa shape index (κ1) is 21.2. The number of hydrogen-bond donors (Lipinski definition) is 3. The van der Waals surface area contributed by atoms with Gasteiger partial charge in [-0.25, -0.2) is 0 Å². The first-order valence-corrected chi connectivity index (χ1v) is 10.4. The molecular formula is C22H26N4O5. The van der Waals surface area contributed by atoms with Gasteiger partial charge in [-0.15, -0.1) is 0 Å². The maximum absolute atomic E-state index is 13.2. The van der Waals surface area contributed by atoms with E-state index in [-0.39, 0.29) is 12.8 Å². The Morgan fingerprint density at radius 3 is 2.39 bits per heavy atom. The van der Waals surface area contributed by atoms with Crippen molar-refractivity contribution in [1.29, 1.82) is 0 Å². The molecule has 164 valence electrons. The number of carboxylic acid groups (broad SMARTS) is 1. The van der Waals surface area contributed by atoms with Crippen LogP contribution in [0.15, 0.2) is 30.3 Å². The number of nitrogens with two attached hydrogens (primary N) is 2. The normalized spacial score (nSPS) is 18.4. The Hall–Kier alpha value is -3.01. The zero-order valence-electron chi connectivity index (χ0n) is 17.1. The molecule has 2 aliphatic heterocycles. The van der Waals surface area contributed by atoms with E-state index in [1.165, 1.54) is 0 Å². The van der Waals surface area contributed by atoms with Crippen LogP contribution in [0.25, 0.3) is 10.8 Å². The first-order valence-electron chi connectivity index (χ1n) is 10.4. The van der Waals surface area contributed by atoms with Gasteiger partial charge in [0.2, 0.25) is 0 Å². The molecule has 1 saturated heterocycles. The Morgan fingerprint density at radius 1 is 1.03 bits per heavy atom. The summed E-state index contributed by atoms with van der Waals surface area (Å²) in [6.45, 7) is 2.76. The van der Waals surface area contributed by atoms with Crippen LogP contribution in [0.1, 0.15) is 40.0 Å². The first-order chi connectivity index (χ1) is 14.9. The number of imide groups is 1. The summed E-state index contributed by atoms with van der Waals surface area (Å²) < 4.78 is 5.44. The van der Waals surface area contributed by atoms with Gasteiger partial charge in [-0.05, 0) is 37.5 Å². The van der Waals surface area contributed by atoms with E-state index in [0.717, 1.165) is 29.1 Å². The smallest absolute Gasteiger partial charge is 0.320 e. The molecule has 0 saturated carbocycles. The second-order valence-corrected chi connectivity index (χ2v) is 7.88. The number of ether oxygens (including phenoxy) is 1. The number of carboxylic acids is 1. The predicted molar refractivity (Wildman–Crippen MR) is 115 cm³/mol. The van der Waals surface area contributed by atoms with Crippen molar-refractivity contribution >= 4 is 34.2 Å².